The van der Waals surface area contributed by atoms with Crippen molar-refractivity contribution < 1.29 is 18.3 Å². The van der Waals surface area contributed by atoms with Crippen molar-refractivity contribution in [3.63, 3.8) is 0 Å². The van der Waals surface area contributed by atoms with E-state index in [1.807, 2.05) is 36.2 Å². The van der Waals surface area contributed by atoms with E-state index < -0.39 is 6.61 Å². The molecule has 0 fully saturated rings. The van der Waals surface area contributed by atoms with Crippen LogP contribution in [-0.4, -0.2) is 42.6 Å². The highest BCUT2D eigenvalue weighted by molar-refractivity contribution is 6.07. The molecule has 0 bridgehead atoms. The monoisotopic (exact) mass is 384 g/mol. The Balaban J connectivity index is 1.72. The predicted octanol–water partition coefficient (Wildman–Crippen LogP) is 3.72. The molecule has 0 atom stereocenters. The number of halogens is 2. The van der Waals surface area contributed by atoms with Gasteiger partial charge in [0, 0.05) is 25.7 Å². The zero-order valence-corrected chi connectivity index (χ0v) is 15.2. The average Bonchev–Trinajstić information content (AvgIpc) is 2.85. The number of hydrogen-bond donors (Lipinski definition) is 0. The number of aromatic nitrogens is 2. The van der Waals surface area contributed by atoms with Crippen LogP contribution in [0, 0.1) is 0 Å². The minimum Gasteiger partial charge on any atom is -0.435 e. The third kappa shape index (κ3) is 3.45. The van der Waals surface area contributed by atoms with Gasteiger partial charge < -0.3 is 9.64 Å². The van der Waals surface area contributed by atoms with Crippen LogP contribution in [0.4, 0.5) is 20.4 Å². The fourth-order valence-corrected chi connectivity index (χ4v) is 3.23. The molecule has 1 aromatic heterocycles. The topological polar surface area (TPSA) is 58.6 Å². The SMILES string of the molecule is CN1CCCN(C(=O)c2ccc(OC(F)F)cc2)c2nc3ccccc3nc21. The first-order valence-corrected chi connectivity index (χ1v) is 8.87. The van der Waals surface area contributed by atoms with E-state index in [9.17, 15) is 13.6 Å². The summed E-state index contributed by atoms with van der Waals surface area (Å²) in [5.74, 6) is 0.886. The van der Waals surface area contributed by atoms with Gasteiger partial charge in [0.2, 0.25) is 0 Å². The first-order valence-electron chi connectivity index (χ1n) is 8.87. The maximum atomic E-state index is 13.1. The van der Waals surface area contributed by atoms with Gasteiger partial charge in [-0.25, -0.2) is 9.97 Å². The van der Waals surface area contributed by atoms with Crippen molar-refractivity contribution >= 4 is 28.6 Å². The van der Waals surface area contributed by atoms with Crippen LogP contribution in [-0.2, 0) is 0 Å². The van der Waals surface area contributed by atoms with Gasteiger partial charge in [0.05, 0.1) is 11.0 Å². The summed E-state index contributed by atoms with van der Waals surface area (Å²) < 4.78 is 29.0. The van der Waals surface area contributed by atoms with Gasteiger partial charge in [0.25, 0.3) is 5.91 Å². The molecular weight excluding hydrogens is 366 g/mol. The Labute approximate surface area is 160 Å². The third-order valence-electron chi connectivity index (χ3n) is 4.60. The number of para-hydroxylation sites is 2. The number of rotatable bonds is 3. The number of benzene rings is 2. The van der Waals surface area contributed by atoms with Crippen LogP contribution in [0.3, 0.4) is 0 Å². The van der Waals surface area contributed by atoms with Gasteiger partial charge >= 0.3 is 6.61 Å². The number of nitrogens with zero attached hydrogens (tertiary/aromatic N) is 4. The summed E-state index contributed by atoms with van der Waals surface area (Å²) in [4.78, 5) is 26.1. The molecule has 6 nitrogen and oxygen atoms in total. The number of anilines is 2. The van der Waals surface area contributed by atoms with Crippen LogP contribution < -0.4 is 14.5 Å². The second-order valence-corrected chi connectivity index (χ2v) is 6.49. The fraction of sp³-hybridized carbons (Fsp3) is 0.250. The van der Waals surface area contributed by atoms with Crippen molar-refractivity contribution in [3.8, 4) is 5.75 Å². The van der Waals surface area contributed by atoms with Gasteiger partial charge in [-0.2, -0.15) is 8.78 Å². The molecule has 0 saturated carbocycles. The van der Waals surface area contributed by atoms with E-state index in [1.54, 1.807) is 4.90 Å². The number of fused-ring (bicyclic) bond motifs is 2. The molecule has 0 N–H and O–H groups in total. The first kappa shape index (κ1) is 18.1. The van der Waals surface area contributed by atoms with Crippen LogP contribution in [0.5, 0.6) is 5.75 Å². The summed E-state index contributed by atoms with van der Waals surface area (Å²) in [7, 11) is 1.92. The minimum atomic E-state index is -2.90. The summed E-state index contributed by atoms with van der Waals surface area (Å²) in [6.07, 6.45) is 0.753. The Kier molecular flexibility index (Phi) is 4.77. The van der Waals surface area contributed by atoms with E-state index in [4.69, 9.17) is 4.98 Å². The first-order chi connectivity index (χ1) is 13.5. The molecule has 2 heterocycles. The van der Waals surface area contributed by atoms with Gasteiger partial charge in [-0.15, -0.1) is 0 Å². The number of carbonyl (C=O) groups is 1. The number of alkyl halides is 2. The lowest BCUT2D eigenvalue weighted by atomic mass is 10.2. The second-order valence-electron chi connectivity index (χ2n) is 6.49. The van der Waals surface area contributed by atoms with E-state index in [-0.39, 0.29) is 11.7 Å². The summed E-state index contributed by atoms with van der Waals surface area (Å²) in [5.41, 5.74) is 1.83. The van der Waals surface area contributed by atoms with Crippen LogP contribution in [0.1, 0.15) is 16.8 Å². The maximum Gasteiger partial charge on any atom is 0.387 e. The number of carbonyl (C=O) groups excluding carboxylic acids is 1. The highest BCUT2D eigenvalue weighted by Gasteiger charge is 2.27. The third-order valence-corrected chi connectivity index (χ3v) is 4.60. The predicted molar refractivity (Wildman–Crippen MR) is 102 cm³/mol. The highest BCUT2D eigenvalue weighted by Crippen LogP contribution is 2.31. The van der Waals surface area contributed by atoms with E-state index in [1.165, 1.54) is 24.3 Å². The van der Waals surface area contributed by atoms with Crippen molar-refractivity contribution in [1.82, 2.24) is 9.97 Å². The molecule has 0 unspecified atom stereocenters. The van der Waals surface area contributed by atoms with E-state index in [2.05, 4.69) is 9.72 Å². The molecule has 0 saturated heterocycles. The van der Waals surface area contributed by atoms with E-state index in [0.29, 0.717) is 29.3 Å². The molecule has 144 valence electrons. The normalized spacial score (nSPS) is 14.1. The van der Waals surface area contributed by atoms with Crippen molar-refractivity contribution in [2.75, 3.05) is 29.9 Å². The number of hydrogen-bond acceptors (Lipinski definition) is 5. The van der Waals surface area contributed by atoms with Crippen LogP contribution in [0.15, 0.2) is 48.5 Å². The highest BCUT2D eigenvalue weighted by atomic mass is 19.3. The minimum absolute atomic E-state index is 0.00772. The lowest BCUT2D eigenvalue weighted by Gasteiger charge is -2.23. The Morgan fingerprint density at radius 1 is 1.00 bits per heavy atom. The molecule has 1 aliphatic heterocycles. The summed E-state index contributed by atoms with van der Waals surface area (Å²) in [6.45, 7) is -1.68. The molecule has 0 spiro atoms. The van der Waals surface area contributed by atoms with Crippen molar-refractivity contribution in [2.45, 2.75) is 13.0 Å². The lowest BCUT2D eigenvalue weighted by molar-refractivity contribution is -0.0498. The second kappa shape index (κ2) is 7.38. The average molecular weight is 384 g/mol. The Morgan fingerprint density at radius 2 is 1.64 bits per heavy atom. The molecule has 4 rings (SSSR count). The van der Waals surface area contributed by atoms with Gasteiger partial charge in [-0.1, -0.05) is 12.1 Å². The summed E-state index contributed by atoms with van der Waals surface area (Å²) in [5, 5.41) is 0. The van der Waals surface area contributed by atoms with E-state index >= 15 is 0 Å². The van der Waals surface area contributed by atoms with Crippen LogP contribution in [0.25, 0.3) is 11.0 Å². The molecule has 1 aliphatic rings. The molecule has 0 radical (unpaired) electrons. The van der Waals surface area contributed by atoms with E-state index in [0.717, 1.165) is 18.5 Å². The van der Waals surface area contributed by atoms with Crippen molar-refractivity contribution in [1.29, 1.82) is 0 Å². The molecule has 8 heteroatoms. The molecule has 28 heavy (non-hydrogen) atoms. The largest absolute Gasteiger partial charge is 0.435 e. The van der Waals surface area contributed by atoms with Crippen LogP contribution >= 0.6 is 0 Å². The Hall–Kier alpha value is -3.29. The zero-order valence-electron chi connectivity index (χ0n) is 15.2. The van der Waals surface area contributed by atoms with Gasteiger partial charge in [-0.3, -0.25) is 9.69 Å². The molecule has 2 aromatic carbocycles. The molecular formula is C20H18F2N4O2. The van der Waals surface area contributed by atoms with Crippen molar-refractivity contribution in [2.24, 2.45) is 0 Å². The summed E-state index contributed by atoms with van der Waals surface area (Å²) >= 11 is 0. The molecule has 1 amide bonds. The standard InChI is InChI=1S/C20H18F2N4O2/c1-25-11-4-12-26(18-17(25)23-15-5-2-3-6-16(15)24-18)19(27)13-7-9-14(10-8-13)28-20(21)22/h2-3,5-10,20H,4,11-12H2,1H3. The maximum absolute atomic E-state index is 13.1. The van der Waals surface area contributed by atoms with Gasteiger partial charge in [0.15, 0.2) is 11.6 Å². The lowest BCUT2D eigenvalue weighted by Crippen LogP contribution is -2.32. The quantitative estimate of drug-likeness (QED) is 0.689. The number of amides is 1. The smallest absolute Gasteiger partial charge is 0.387 e. The Morgan fingerprint density at radius 3 is 2.29 bits per heavy atom. The van der Waals surface area contributed by atoms with Crippen molar-refractivity contribution in [3.05, 3.63) is 54.1 Å². The van der Waals surface area contributed by atoms with Gasteiger partial charge in [0.1, 0.15) is 5.75 Å². The Bertz CT molecular complexity index is 1010. The molecule has 0 aliphatic carbocycles. The van der Waals surface area contributed by atoms with Gasteiger partial charge in [-0.05, 0) is 42.8 Å². The number of ether oxygens (including phenoxy) is 1. The molecule has 3 aromatic rings. The fourth-order valence-electron chi connectivity index (χ4n) is 3.23. The summed E-state index contributed by atoms with van der Waals surface area (Å²) in [6, 6.07) is 13.2. The zero-order chi connectivity index (χ0) is 19.7. The van der Waals surface area contributed by atoms with Crippen LogP contribution in [0.2, 0.25) is 0 Å².